The second-order valence-corrected chi connectivity index (χ2v) is 7.49. The molecule has 1 saturated heterocycles. The Kier molecular flexibility index (Phi) is 7.07. The number of nitrogens with zero attached hydrogens (tertiary/aromatic N) is 1. The highest BCUT2D eigenvalue weighted by Gasteiger charge is 2.58. The molecule has 3 rings (SSSR count). The first-order chi connectivity index (χ1) is 12.1. The number of carbonyl (C=O) groups excluding carboxylic acids is 2. The molecular formula is C20H30ClN3O2. The van der Waals surface area contributed by atoms with Crippen LogP contribution >= 0.6 is 12.4 Å². The summed E-state index contributed by atoms with van der Waals surface area (Å²) in [6, 6.07) is 7.71. The first-order valence-corrected chi connectivity index (χ1v) is 9.41. The standard InChI is InChI=1S/C20H29N3O2.ClH/c1-3-12-23(14-18(24)22-17-7-5-4-6-15(17)2)19(25)16-13-20(16)8-10-21-11-9-20;/h4-7,16,21H,3,8-14H2,1-2H3,(H,22,24);1H. The number of hydrogen-bond donors (Lipinski definition) is 2. The molecule has 1 aliphatic heterocycles. The quantitative estimate of drug-likeness (QED) is 0.798. The molecule has 0 bridgehead atoms. The Morgan fingerprint density at radius 3 is 2.62 bits per heavy atom. The van der Waals surface area contributed by atoms with E-state index in [2.05, 4.69) is 10.6 Å². The Hall–Kier alpha value is -1.59. The molecule has 6 heteroatoms. The average molecular weight is 380 g/mol. The van der Waals surface area contributed by atoms with Gasteiger partial charge in [-0.05, 0) is 62.7 Å². The Labute approximate surface area is 162 Å². The van der Waals surface area contributed by atoms with Gasteiger partial charge in [0, 0.05) is 18.2 Å². The van der Waals surface area contributed by atoms with Crippen molar-refractivity contribution in [3.63, 3.8) is 0 Å². The van der Waals surface area contributed by atoms with Gasteiger partial charge in [-0.2, -0.15) is 0 Å². The fourth-order valence-corrected chi connectivity index (χ4v) is 4.01. The van der Waals surface area contributed by atoms with Crippen molar-refractivity contribution in [1.82, 2.24) is 10.2 Å². The summed E-state index contributed by atoms with van der Waals surface area (Å²) in [5.74, 6) is 0.173. The van der Waals surface area contributed by atoms with E-state index in [0.29, 0.717) is 6.54 Å². The van der Waals surface area contributed by atoms with Gasteiger partial charge in [-0.15, -0.1) is 12.4 Å². The number of halogens is 1. The molecule has 1 atom stereocenters. The van der Waals surface area contributed by atoms with Crippen molar-refractivity contribution in [3.8, 4) is 0 Å². The molecule has 26 heavy (non-hydrogen) atoms. The van der Waals surface area contributed by atoms with E-state index < -0.39 is 0 Å². The van der Waals surface area contributed by atoms with Crippen LogP contribution in [0, 0.1) is 18.3 Å². The number of hydrogen-bond acceptors (Lipinski definition) is 3. The van der Waals surface area contributed by atoms with Crippen LogP contribution in [0.5, 0.6) is 0 Å². The average Bonchev–Trinajstić information content (AvgIpc) is 3.29. The van der Waals surface area contributed by atoms with Crippen LogP contribution < -0.4 is 10.6 Å². The van der Waals surface area contributed by atoms with Gasteiger partial charge in [0.25, 0.3) is 0 Å². The van der Waals surface area contributed by atoms with E-state index in [1.54, 1.807) is 4.90 Å². The summed E-state index contributed by atoms with van der Waals surface area (Å²) in [5, 5.41) is 6.31. The van der Waals surface area contributed by atoms with E-state index in [1.807, 2.05) is 38.1 Å². The van der Waals surface area contributed by atoms with E-state index in [1.165, 1.54) is 0 Å². The number of nitrogens with one attached hydrogen (secondary N) is 2. The second-order valence-electron chi connectivity index (χ2n) is 7.49. The molecule has 1 heterocycles. The maximum atomic E-state index is 12.9. The summed E-state index contributed by atoms with van der Waals surface area (Å²) in [4.78, 5) is 27.2. The molecule has 2 amide bonds. The van der Waals surface area contributed by atoms with Crippen LogP contribution in [0.4, 0.5) is 5.69 Å². The second kappa shape index (κ2) is 8.87. The first-order valence-electron chi connectivity index (χ1n) is 9.41. The molecule has 1 spiro atoms. The third-order valence-corrected chi connectivity index (χ3v) is 5.65. The van der Waals surface area contributed by atoms with Crippen LogP contribution in [0.25, 0.3) is 0 Å². The van der Waals surface area contributed by atoms with Gasteiger partial charge in [0.2, 0.25) is 11.8 Å². The predicted molar refractivity (Wildman–Crippen MR) is 107 cm³/mol. The van der Waals surface area contributed by atoms with E-state index in [9.17, 15) is 9.59 Å². The number of carbonyl (C=O) groups is 2. The van der Waals surface area contributed by atoms with Crippen LogP contribution in [0.2, 0.25) is 0 Å². The highest BCUT2D eigenvalue weighted by atomic mass is 35.5. The van der Waals surface area contributed by atoms with Crippen molar-refractivity contribution < 1.29 is 9.59 Å². The number of aryl methyl sites for hydroxylation is 1. The molecule has 5 nitrogen and oxygen atoms in total. The normalized spacial score (nSPS) is 20.2. The minimum atomic E-state index is -0.115. The lowest BCUT2D eigenvalue weighted by atomic mass is 9.91. The maximum absolute atomic E-state index is 12.9. The van der Waals surface area contributed by atoms with Gasteiger partial charge in [0.15, 0.2) is 0 Å². The molecule has 144 valence electrons. The summed E-state index contributed by atoms with van der Waals surface area (Å²) in [6.45, 7) is 6.82. The van der Waals surface area contributed by atoms with Gasteiger partial charge in [0.1, 0.15) is 0 Å². The molecule has 1 aromatic carbocycles. The zero-order valence-electron chi connectivity index (χ0n) is 15.7. The minimum absolute atomic E-state index is 0. The summed E-state index contributed by atoms with van der Waals surface area (Å²) in [7, 11) is 0. The number of anilines is 1. The Balaban J connectivity index is 0.00000243. The molecule has 2 fully saturated rings. The Morgan fingerprint density at radius 1 is 1.27 bits per heavy atom. The van der Waals surface area contributed by atoms with E-state index >= 15 is 0 Å². The van der Waals surface area contributed by atoms with Gasteiger partial charge < -0.3 is 15.5 Å². The molecule has 2 aliphatic rings. The number of rotatable bonds is 6. The van der Waals surface area contributed by atoms with Crippen LogP contribution in [0.1, 0.15) is 38.2 Å². The van der Waals surface area contributed by atoms with Crippen LogP contribution in [-0.2, 0) is 9.59 Å². The van der Waals surface area contributed by atoms with E-state index in [4.69, 9.17) is 0 Å². The number of amides is 2. The fraction of sp³-hybridized carbons (Fsp3) is 0.600. The molecule has 1 aromatic rings. The third kappa shape index (κ3) is 4.57. The lowest BCUT2D eigenvalue weighted by molar-refractivity contribution is -0.136. The molecule has 1 aliphatic carbocycles. The topological polar surface area (TPSA) is 61.4 Å². The highest BCUT2D eigenvalue weighted by Crippen LogP contribution is 2.59. The van der Waals surface area contributed by atoms with E-state index in [-0.39, 0.29) is 42.1 Å². The van der Waals surface area contributed by atoms with Gasteiger partial charge in [-0.3, -0.25) is 9.59 Å². The van der Waals surface area contributed by atoms with Crippen molar-refractivity contribution in [2.45, 2.75) is 39.5 Å². The van der Waals surface area contributed by atoms with Crippen LogP contribution in [0.15, 0.2) is 24.3 Å². The van der Waals surface area contributed by atoms with Crippen LogP contribution in [0.3, 0.4) is 0 Å². The molecule has 1 saturated carbocycles. The van der Waals surface area contributed by atoms with Gasteiger partial charge >= 0.3 is 0 Å². The molecule has 1 unspecified atom stereocenters. The monoisotopic (exact) mass is 379 g/mol. The number of piperidine rings is 1. The van der Waals surface area contributed by atoms with Crippen molar-refractivity contribution in [1.29, 1.82) is 0 Å². The van der Waals surface area contributed by atoms with Crippen molar-refractivity contribution in [2.75, 3.05) is 31.5 Å². The lowest BCUT2D eigenvalue weighted by Gasteiger charge is -2.26. The maximum Gasteiger partial charge on any atom is 0.244 e. The van der Waals surface area contributed by atoms with Crippen molar-refractivity contribution in [2.24, 2.45) is 11.3 Å². The van der Waals surface area contributed by atoms with Gasteiger partial charge in [-0.25, -0.2) is 0 Å². The van der Waals surface area contributed by atoms with Crippen molar-refractivity contribution in [3.05, 3.63) is 29.8 Å². The zero-order chi connectivity index (χ0) is 17.9. The number of para-hydroxylation sites is 1. The molecule has 0 aromatic heterocycles. The minimum Gasteiger partial charge on any atom is -0.333 e. The largest absolute Gasteiger partial charge is 0.333 e. The smallest absolute Gasteiger partial charge is 0.244 e. The summed E-state index contributed by atoms with van der Waals surface area (Å²) < 4.78 is 0. The lowest BCUT2D eigenvalue weighted by Crippen LogP contribution is -2.41. The first kappa shape index (κ1) is 20.7. The molecular weight excluding hydrogens is 350 g/mol. The molecule has 2 N–H and O–H groups in total. The molecule has 0 radical (unpaired) electrons. The zero-order valence-corrected chi connectivity index (χ0v) is 16.5. The third-order valence-electron chi connectivity index (χ3n) is 5.65. The Bertz CT molecular complexity index is 644. The summed E-state index contributed by atoms with van der Waals surface area (Å²) >= 11 is 0. The van der Waals surface area contributed by atoms with Crippen molar-refractivity contribution >= 4 is 29.9 Å². The summed E-state index contributed by atoms with van der Waals surface area (Å²) in [5.41, 5.74) is 2.05. The van der Waals surface area contributed by atoms with Crippen LogP contribution in [-0.4, -0.2) is 42.9 Å². The highest BCUT2D eigenvalue weighted by molar-refractivity contribution is 5.95. The number of benzene rings is 1. The fourth-order valence-electron chi connectivity index (χ4n) is 4.01. The predicted octanol–water partition coefficient (Wildman–Crippen LogP) is 2.98. The Morgan fingerprint density at radius 2 is 1.96 bits per heavy atom. The van der Waals surface area contributed by atoms with Gasteiger partial charge in [-0.1, -0.05) is 25.1 Å². The SMILES string of the molecule is CCCN(CC(=O)Nc1ccccc1C)C(=O)C1CC12CCNCC2.Cl. The van der Waals surface area contributed by atoms with Gasteiger partial charge in [0.05, 0.1) is 6.54 Å². The summed E-state index contributed by atoms with van der Waals surface area (Å²) in [6.07, 6.45) is 4.02. The van der Waals surface area contributed by atoms with E-state index in [0.717, 1.165) is 50.0 Å².